The quantitative estimate of drug-likeness (QED) is 0.146. The molecule has 0 bridgehead atoms. The first-order valence-electron chi connectivity index (χ1n) is 11.8. The topological polar surface area (TPSA) is 230 Å². The van der Waals surface area contributed by atoms with E-state index in [9.17, 15) is 34.2 Å². The largest absolute Gasteiger partial charge is 0.480 e. The highest BCUT2D eigenvalue weighted by atomic mass is 16.4. The first kappa shape index (κ1) is 29.3. The van der Waals surface area contributed by atoms with Crippen LogP contribution >= 0.6 is 0 Å². The first-order chi connectivity index (χ1) is 17.4. The fraction of sp³-hybridized carbons (Fsp3) is 0.458. The third-order valence-electron chi connectivity index (χ3n) is 5.63. The number of carboxylic acid groups (broad SMARTS) is 1. The number of aromatic amines is 1. The summed E-state index contributed by atoms with van der Waals surface area (Å²) in [7, 11) is 0. The zero-order valence-corrected chi connectivity index (χ0v) is 20.7. The first-order valence-corrected chi connectivity index (χ1v) is 11.8. The van der Waals surface area contributed by atoms with Crippen molar-refractivity contribution in [3.05, 3.63) is 36.0 Å². The van der Waals surface area contributed by atoms with E-state index in [0.29, 0.717) is 12.0 Å². The lowest BCUT2D eigenvalue weighted by Crippen LogP contribution is -2.58. The van der Waals surface area contributed by atoms with Crippen molar-refractivity contribution in [1.29, 1.82) is 0 Å². The highest BCUT2D eigenvalue weighted by Crippen LogP contribution is 2.19. The van der Waals surface area contributed by atoms with Crippen LogP contribution in [0.15, 0.2) is 30.5 Å². The van der Waals surface area contributed by atoms with Crippen LogP contribution in [-0.4, -0.2) is 75.6 Å². The minimum absolute atomic E-state index is 0.0369. The summed E-state index contributed by atoms with van der Waals surface area (Å²) in [6.07, 6.45) is 1.43. The molecule has 10 N–H and O–H groups in total. The molecule has 0 aliphatic rings. The number of hydrogen-bond acceptors (Lipinski definition) is 7. The van der Waals surface area contributed by atoms with Gasteiger partial charge in [0.2, 0.25) is 23.6 Å². The van der Waals surface area contributed by atoms with Crippen molar-refractivity contribution in [3.63, 3.8) is 0 Å². The molecule has 0 saturated heterocycles. The molecule has 13 nitrogen and oxygen atoms in total. The number of rotatable bonds is 14. The summed E-state index contributed by atoms with van der Waals surface area (Å²) in [6, 6.07) is 2.10. The number of fused-ring (bicyclic) bond motifs is 1. The second-order valence-electron chi connectivity index (χ2n) is 9.17. The van der Waals surface area contributed by atoms with Gasteiger partial charge >= 0.3 is 5.97 Å². The molecule has 0 fully saturated rings. The molecule has 0 saturated carbocycles. The molecule has 13 heteroatoms. The van der Waals surface area contributed by atoms with Crippen LogP contribution in [0.3, 0.4) is 0 Å². The Bertz CT molecular complexity index is 1130. The monoisotopic (exact) mass is 518 g/mol. The summed E-state index contributed by atoms with van der Waals surface area (Å²) in [5.41, 5.74) is 12.5. The number of amides is 4. The third-order valence-corrected chi connectivity index (χ3v) is 5.63. The van der Waals surface area contributed by atoms with Crippen molar-refractivity contribution in [2.24, 2.45) is 17.4 Å². The maximum Gasteiger partial charge on any atom is 0.326 e. The van der Waals surface area contributed by atoms with Crippen LogP contribution in [0.4, 0.5) is 0 Å². The SMILES string of the molecule is CC(C)CC(N)C(=O)NC(Cc1c[nH]c2ccccc12)C(=O)NC(CO)C(=O)NC(CC(N)=O)C(=O)O. The number of hydrogen-bond donors (Lipinski definition) is 8. The molecular formula is C24H34N6O7. The number of nitrogens with two attached hydrogens (primary N) is 2. The van der Waals surface area contributed by atoms with Crippen LogP contribution in [-0.2, 0) is 30.4 Å². The third kappa shape index (κ3) is 8.58. The Kier molecular flexibility index (Phi) is 10.6. The van der Waals surface area contributed by atoms with Crippen LogP contribution in [0, 0.1) is 5.92 Å². The summed E-state index contributed by atoms with van der Waals surface area (Å²) in [4.78, 5) is 64.0. The van der Waals surface area contributed by atoms with E-state index in [4.69, 9.17) is 11.5 Å². The second kappa shape index (κ2) is 13.4. The zero-order chi connectivity index (χ0) is 27.7. The van der Waals surface area contributed by atoms with Crippen molar-refractivity contribution in [1.82, 2.24) is 20.9 Å². The molecule has 4 amide bonds. The Balaban J connectivity index is 2.23. The molecule has 0 aliphatic carbocycles. The number of carbonyl (C=O) groups is 5. The van der Waals surface area contributed by atoms with E-state index >= 15 is 0 Å². The molecule has 2 rings (SSSR count). The molecule has 4 atom stereocenters. The Morgan fingerprint density at radius 1 is 0.946 bits per heavy atom. The molecule has 37 heavy (non-hydrogen) atoms. The van der Waals surface area contributed by atoms with Crippen molar-refractivity contribution in [2.75, 3.05) is 6.61 Å². The maximum atomic E-state index is 13.2. The molecule has 2 aromatic rings. The Morgan fingerprint density at radius 3 is 2.14 bits per heavy atom. The van der Waals surface area contributed by atoms with Gasteiger partial charge in [-0.05, 0) is 24.0 Å². The Hall–Kier alpha value is -3.97. The molecule has 1 heterocycles. The lowest BCUT2D eigenvalue weighted by Gasteiger charge is -2.24. The number of aliphatic hydroxyl groups excluding tert-OH is 1. The molecule has 4 unspecified atom stereocenters. The normalized spacial score (nSPS) is 14.4. The van der Waals surface area contributed by atoms with Crippen LogP contribution in [0.5, 0.6) is 0 Å². The number of aliphatic carboxylic acids is 1. The number of carbonyl (C=O) groups excluding carboxylic acids is 4. The number of primary amides is 1. The highest BCUT2D eigenvalue weighted by molar-refractivity contribution is 5.95. The number of aliphatic hydroxyl groups is 1. The van der Waals surface area contributed by atoms with Gasteiger partial charge in [-0.1, -0.05) is 32.0 Å². The van der Waals surface area contributed by atoms with Crippen molar-refractivity contribution in [3.8, 4) is 0 Å². The smallest absolute Gasteiger partial charge is 0.326 e. The van der Waals surface area contributed by atoms with Gasteiger partial charge in [-0.2, -0.15) is 0 Å². The summed E-state index contributed by atoms with van der Waals surface area (Å²) < 4.78 is 0. The van der Waals surface area contributed by atoms with E-state index < -0.39 is 66.8 Å². The van der Waals surface area contributed by atoms with Gasteiger partial charge in [-0.15, -0.1) is 0 Å². The Labute approximate surface area is 213 Å². The van der Waals surface area contributed by atoms with E-state index in [1.54, 1.807) is 6.20 Å². The van der Waals surface area contributed by atoms with Crippen LogP contribution in [0.2, 0.25) is 0 Å². The number of H-pyrrole nitrogens is 1. The number of carboxylic acids is 1. The van der Waals surface area contributed by atoms with E-state index in [1.165, 1.54) is 0 Å². The van der Waals surface area contributed by atoms with Gasteiger partial charge in [0.1, 0.15) is 18.1 Å². The standard InChI is InChI=1S/C24H34N6O7/c1-12(2)7-15(25)21(33)28-17(8-13-10-27-16-6-4-3-5-14(13)16)22(34)30-19(11-31)23(35)29-18(24(36)37)9-20(26)32/h3-6,10,12,15,17-19,27,31H,7-9,11,25H2,1-2H3,(H2,26,32)(H,28,33)(H,29,35)(H,30,34)(H,36,37). The summed E-state index contributed by atoms with van der Waals surface area (Å²) in [5.74, 6) is -4.75. The van der Waals surface area contributed by atoms with E-state index in [2.05, 4.69) is 20.9 Å². The Morgan fingerprint density at radius 2 is 1.54 bits per heavy atom. The molecular weight excluding hydrogens is 484 g/mol. The van der Waals surface area contributed by atoms with E-state index in [0.717, 1.165) is 10.9 Å². The van der Waals surface area contributed by atoms with E-state index in [1.807, 2.05) is 38.1 Å². The molecule has 1 aromatic carbocycles. The van der Waals surface area contributed by atoms with Crippen LogP contribution < -0.4 is 27.4 Å². The van der Waals surface area contributed by atoms with Gasteiger partial charge in [0, 0.05) is 23.5 Å². The van der Waals surface area contributed by atoms with Crippen LogP contribution in [0.1, 0.15) is 32.3 Å². The molecule has 0 spiro atoms. The fourth-order valence-electron chi connectivity index (χ4n) is 3.76. The van der Waals surface area contributed by atoms with Gasteiger partial charge in [-0.3, -0.25) is 19.2 Å². The van der Waals surface area contributed by atoms with E-state index in [-0.39, 0.29) is 12.3 Å². The van der Waals surface area contributed by atoms with Gasteiger partial charge in [0.15, 0.2) is 0 Å². The minimum atomic E-state index is -1.65. The van der Waals surface area contributed by atoms with Gasteiger partial charge in [0.05, 0.1) is 19.1 Å². The lowest BCUT2D eigenvalue weighted by molar-refractivity contribution is -0.144. The number of benzene rings is 1. The minimum Gasteiger partial charge on any atom is -0.480 e. The summed E-state index contributed by atoms with van der Waals surface area (Å²) in [6.45, 7) is 2.92. The van der Waals surface area contributed by atoms with Gasteiger partial charge in [-0.25, -0.2) is 4.79 Å². The van der Waals surface area contributed by atoms with Gasteiger partial charge < -0.3 is 42.6 Å². The molecule has 1 aromatic heterocycles. The second-order valence-corrected chi connectivity index (χ2v) is 9.17. The molecule has 0 radical (unpaired) electrons. The number of aromatic nitrogens is 1. The highest BCUT2D eigenvalue weighted by Gasteiger charge is 2.31. The number of para-hydroxylation sites is 1. The number of nitrogens with one attached hydrogen (secondary N) is 4. The fourth-order valence-corrected chi connectivity index (χ4v) is 3.76. The van der Waals surface area contributed by atoms with Crippen molar-refractivity contribution in [2.45, 2.75) is 57.3 Å². The van der Waals surface area contributed by atoms with Crippen molar-refractivity contribution >= 4 is 40.5 Å². The average molecular weight is 519 g/mol. The molecule has 0 aliphatic heterocycles. The predicted octanol–water partition coefficient (Wildman–Crippen LogP) is -1.51. The molecule has 202 valence electrons. The van der Waals surface area contributed by atoms with Gasteiger partial charge in [0.25, 0.3) is 0 Å². The zero-order valence-electron chi connectivity index (χ0n) is 20.7. The predicted molar refractivity (Wildman–Crippen MR) is 134 cm³/mol. The average Bonchev–Trinajstić information content (AvgIpc) is 3.23. The summed E-state index contributed by atoms with van der Waals surface area (Å²) >= 11 is 0. The van der Waals surface area contributed by atoms with Crippen molar-refractivity contribution < 1.29 is 34.2 Å². The summed E-state index contributed by atoms with van der Waals surface area (Å²) in [5, 5.41) is 26.8. The van der Waals surface area contributed by atoms with Crippen LogP contribution in [0.25, 0.3) is 10.9 Å². The lowest BCUT2D eigenvalue weighted by atomic mass is 10.0. The maximum absolute atomic E-state index is 13.2.